The fourth-order valence-electron chi connectivity index (χ4n) is 1.54. The van der Waals surface area contributed by atoms with Gasteiger partial charge in [0, 0.05) is 31.0 Å². The number of carbonyl (C=O) groups is 1. The van der Waals surface area contributed by atoms with Gasteiger partial charge in [-0.1, -0.05) is 12.1 Å². The molecule has 0 saturated carbocycles. The normalized spacial score (nSPS) is 10.2. The van der Waals surface area contributed by atoms with Crippen LogP contribution in [0, 0.1) is 0 Å². The number of amides is 1. The number of nitrogen functional groups attached to an aromatic ring is 1. The summed E-state index contributed by atoms with van der Waals surface area (Å²) in [4.78, 5) is 11.8. The molecule has 0 spiro atoms. The molecular weight excluding hydrogens is 216 g/mol. The first-order chi connectivity index (χ1) is 8.16. The predicted molar refractivity (Wildman–Crippen MR) is 65.2 cm³/mol. The highest BCUT2D eigenvalue weighted by atomic mass is 16.1. The van der Waals surface area contributed by atoms with Crippen molar-refractivity contribution < 1.29 is 4.79 Å². The first-order valence-electron chi connectivity index (χ1n) is 5.27. The number of nitrogens with zero attached hydrogens (tertiary/aromatic N) is 2. The van der Waals surface area contributed by atoms with E-state index in [0.717, 1.165) is 5.56 Å². The van der Waals surface area contributed by atoms with Crippen molar-refractivity contribution in [3.05, 3.63) is 47.8 Å². The molecular formula is C12H14N4O. The number of carbonyl (C=O) groups excluding carboxylic acids is 1. The van der Waals surface area contributed by atoms with E-state index in [1.165, 1.54) is 0 Å². The molecule has 2 aromatic rings. The predicted octanol–water partition coefficient (Wildman–Crippen LogP) is 0.932. The maximum absolute atomic E-state index is 11.8. The molecule has 1 aromatic heterocycles. The number of hydrogen-bond acceptors (Lipinski definition) is 3. The SMILES string of the molecule is Cn1cc(CNC(=O)c2ccccc2N)cn1. The number of nitrogens with two attached hydrogens (primary N) is 1. The molecule has 1 heterocycles. The van der Waals surface area contributed by atoms with Gasteiger partial charge in [0.15, 0.2) is 0 Å². The Morgan fingerprint density at radius 3 is 2.88 bits per heavy atom. The van der Waals surface area contributed by atoms with Crippen LogP contribution < -0.4 is 11.1 Å². The number of anilines is 1. The second-order valence-electron chi connectivity index (χ2n) is 3.79. The van der Waals surface area contributed by atoms with Crippen LogP contribution in [0.5, 0.6) is 0 Å². The summed E-state index contributed by atoms with van der Waals surface area (Å²) in [7, 11) is 1.83. The summed E-state index contributed by atoms with van der Waals surface area (Å²) < 4.78 is 1.69. The van der Waals surface area contributed by atoms with Gasteiger partial charge in [-0.25, -0.2) is 0 Å². The molecule has 3 N–H and O–H groups in total. The van der Waals surface area contributed by atoms with Crippen LogP contribution in [-0.2, 0) is 13.6 Å². The highest BCUT2D eigenvalue weighted by Gasteiger charge is 2.08. The quantitative estimate of drug-likeness (QED) is 0.770. The topological polar surface area (TPSA) is 72.9 Å². The third-order valence-electron chi connectivity index (χ3n) is 2.42. The minimum absolute atomic E-state index is 0.174. The lowest BCUT2D eigenvalue weighted by Crippen LogP contribution is -2.23. The zero-order valence-electron chi connectivity index (χ0n) is 9.55. The van der Waals surface area contributed by atoms with Crippen molar-refractivity contribution in [2.24, 2.45) is 7.05 Å². The molecule has 0 unspecified atom stereocenters. The van der Waals surface area contributed by atoms with E-state index in [-0.39, 0.29) is 5.91 Å². The molecule has 5 nitrogen and oxygen atoms in total. The molecule has 0 bridgehead atoms. The minimum Gasteiger partial charge on any atom is -0.398 e. The Morgan fingerprint density at radius 2 is 2.24 bits per heavy atom. The summed E-state index contributed by atoms with van der Waals surface area (Å²) in [6, 6.07) is 7.00. The lowest BCUT2D eigenvalue weighted by molar-refractivity contribution is 0.0952. The standard InChI is InChI=1S/C12H14N4O/c1-16-8-9(7-15-16)6-14-12(17)10-4-2-3-5-11(10)13/h2-5,7-8H,6,13H2,1H3,(H,14,17). The summed E-state index contributed by atoms with van der Waals surface area (Å²) in [6.45, 7) is 0.445. The largest absolute Gasteiger partial charge is 0.398 e. The molecule has 0 fully saturated rings. The molecule has 17 heavy (non-hydrogen) atoms. The van der Waals surface area contributed by atoms with Gasteiger partial charge in [-0.2, -0.15) is 5.10 Å². The lowest BCUT2D eigenvalue weighted by Gasteiger charge is -2.05. The number of aromatic nitrogens is 2. The smallest absolute Gasteiger partial charge is 0.253 e. The Balaban J connectivity index is 2.01. The van der Waals surface area contributed by atoms with Crippen molar-refractivity contribution in [1.82, 2.24) is 15.1 Å². The highest BCUT2D eigenvalue weighted by Crippen LogP contribution is 2.10. The molecule has 0 saturated heterocycles. The Hall–Kier alpha value is -2.30. The zero-order valence-corrected chi connectivity index (χ0v) is 9.55. The van der Waals surface area contributed by atoms with Crippen molar-refractivity contribution in [3.63, 3.8) is 0 Å². The summed E-state index contributed by atoms with van der Waals surface area (Å²) in [5.74, 6) is -0.174. The first-order valence-corrected chi connectivity index (χ1v) is 5.27. The molecule has 0 atom stereocenters. The van der Waals surface area contributed by atoms with Crippen molar-refractivity contribution in [1.29, 1.82) is 0 Å². The maximum atomic E-state index is 11.8. The second kappa shape index (κ2) is 4.69. The molecule has 0 aliphatic carbocycles. The van der Waals surface area contributed by atoms with Crippen molar-refractivity contribution in [2.75, 3.05) is 5.73 Å². The second-order valence-corrected chi connectivity index (χ2v) is 3.79. The van der Waals surface area contributed by atoms with E-state index in [1.807, 2.05) is 13.2 Å². The number of nitrogens with one attached hydrogen (secondary N) is 1. The van der Waals surface area contributed by atoms with Gasteiger partial charge in [0.25, 0.3) is 5.91 Å². The van der Waals surface area contributed by atoms with E-state index in [1.54, 1.807) is 35.1 Å². The molecule has 0 aliphatic heterocycles. The lowest BCUT2D eigenvalue weighted by atomic mass is 10.1. The van der Waals surface area contributed by atoms with Crippen LogP contribution in [0.1, 0.15) is 15.9 Å². The van der Waals surface area contributed by atoms with E-state index < -0.39 is 0 Å². The Labute approximate surface area is 99.2 Å². The summed E-state index contributed by atoms with van der Waals surface area (Å²) in [5, 5.41) is 6.82. The molecule has 1 aromatic carbocycles. The van der Waals surface area contributed by atoms with Crippen LogP contribution in [0.3, 0.4) is 0 Å². The van der Waals surface area contributed by atoms with Crippen molar-refractivity contribution in [3.8, 4) is 0 Å². The fraction of sp³-hybridized carbons (Fsp3) is 0.167. The third-order valence-corrected chi connectivity index (χ3v) is 2.42. The van der Waals surface area contributed by atoms with Gasteiger partial charge in [-0.05, 0) is 12.1 Å². The van der Waals surface area contributed by atoms with E-state index in [0.29, 0.717) is 17.8 Å². The van der Waals surface area contributed by atoms with Gasteiger partial charge < -0.3 is 11.1 Å². The zero-order chi connectivity index (χ0) is 12.3. The molecule has 0 aliphatic rings. The summed E-state index contributed by atoms with van der Waals surface area (Å²) in [6.07, 6.45) is 3.57. The van der Waals surface area contributed by atoms with Crippen LogP contribution in [-0.4, -0.2) is 15.7 Å². The van der Waals surface area contributed by atoms with Gasteiger partial charge in [0.1, 0.15) is 0 Å². The number of aryl methyl sites for hydroxylation is 1. The van der Waals surface area contributed by atoms with Crippen LogP contribution in [0.4, 0.5) is 5.69 Å². The van der Waals surface area contributed by atoms with Gasteiger partial charge in [-0.3, -0.25) is 9.48 Å². The molecule has 0 radical (unpaired) electrons. The van der Waals surface area contributed by atoms with Gasteiger partial charge in [-0.15, -0.1) is 0 Å². The number of rotatable bonds is 3. The molecule has 5 heteroatoms. The molecule has 1 amide bonds. The Morgan fingerprint density at radius 1 is 1.47 bits per heavy atom. The van der Waals surface area contributed by atoms with E-state index in [2.05, 4.69) is 10.4 Å². The van der Waals surface area contributed by atoms with Crippen LogP contribution in [0.25, 0.3) is 0 Å². The van der Waals surface area contributed by atoms with Gasteiger partial charge in [0.05, 0.1) is 11.8 Å². The van der Waals surface area contributed by atoms with Crippen molar-refractivity contribution in [2.45, 2.75) is 6.54 Å². The monoisotopic (exact) mass is 230 g/mol. The maximum Gasteiger partial charge on any atom is 0.253 e. The van der Waals surface area contributed by atoms with E-state index >= 15 is 0 Å². The van der Waals surface area contributed by atoms with Gasteiger partial charge in [0.2, 0.25) is 0 Å². The Bertz CT molecular complexity index is 533. The third kappa shape index (κ3) is 2.63. The van der Waals surface area contributed by atoms with Crippen LogP contribution in [0.15, 0.2) is 36.7 Å². The first kappa shape index (κ1) is 11.2. The van der Waals surface area contributed by atoms with Gasteiger partial charge >= 0.3 is 0 Å². The minimum atomic E-state index is -0.174. The summed E-state index contributed by atoms with van der Waals surface area (Å²) in [5.41, 5.74) is 7.65. The summed E-state index contributed by atoms with van der Waals surface area (Å²) >= 11 is 0. The molecule has 2 rings (SSSR count). The van der Waals surface area contributed by atoms with Crippen LogP contribution >= 0.6 is 0 Å². The van der Waals surface area contributed by atoms with E-state index in [9.17, 15) is 4.79 Å². The average molecular weight is 230 g/mol. The number of benzene rings is 1. The van der Waals surface area contributed by atoms with Crippen LogP contribution in [0.2, 0.25) is 0 Å². The Kier molecular flexibility index (Phi) is 3.09. The van der Waals surface area contributed by atoms with E-state index in [4.69, 9.17) is 5.73 Å². The average Bonchev–Trinajstić information content (AvgIpc) is 2.73. The number of hydrogen-bond donors (Lipinski definition) is 2. The number of para-hydroxylation sites is 1. The molecule has 88 valence electrons. The highest BCUT2D eigenvalue weighted by molar-refractivity contribution is 5.98. The fourth-order valence-corrected chi connectivity index (χ4v) is 1.54. The van der Waals surface area contributed by atoms with Crippen molar-refractivity contribution >= 4 is 11.6 Å².